The van der Waals surface area contributed by atoms with Crippen LogP contribution < -0.4 is 10.1 Å². The zero-order chi connectivity index (χ0) is 14.4. The second kappa shape index (κ2) is 7.15. The molecule has 0 bridgehead atoms. The maximum absolute atomic E-state index is 13.7. The molecule has 0 aliphatic rings. The predicted octanol–water partition coefficient (Wildman–Crippen LogP) is 4.88. The van der Waals surface area contributed by atoms with Crippen molar-refractivity contribution in [2.24, 2.45) is 0 Å². The number of hydrogen-bond donors (Lipinski definition) is 1. The van der Waals surface area contributed by atoms with Crippen molar-refractivity contribution in [3.05, 3.63) is 58.9 Å². The third-order valence-electron chi connectivity index (χ3n) is 2.84. The Morgan fingerprint density at radius 1 is 1.15 bits per heavy atom. The molecule has 0 saturated carbocycles. The Bertz CT molecular complexity index is 557. The fraction of sp³-hybridized carbons (Fsp3) is 0.250. The zero-order valence-electron chi connectivity index (χ0n) is 11.3. The molecule has 0 radical (unpaired) electrons. The van der Waals surface area contributed by atoms with E-state index in [1.54, 1.807) is 18.2 Å². The minimum atomic E-state index is -0.371. The van der Waals surface area contributed by atoms with Crippen molar-refractivity contribution in [1.82, 2.24) is 0 Å². The van der Waals surface area contributed by atoms with Gasteiger partial charge in [0.1, 0.15) is 11.6 Å². The van der Waals surface area contributed by atoms with Crippen LogP contribution in [-0.2, 0) is 6.54 Å². The van der Waals surface area contributed by atoms with E-state index in [0.717, 1.165) is 17.9 Å². The molecule has 4 heteroatoms. The highest BCUT2D eigenvalue weighted by molar-refractivity contribution is 6.30. The van der Waals surface area contributed by atoms with Gasteiger partial charge in [0.25, 0.3) is 0 Å². The van der Waals surface area contributed by atoms with Gasteiger partial charge in [-0.25, -0.2) is 4.39 Å². The van der Waals surface area contributed by atoms with Crippen molar-refractivity contribution >= 4 is 17.3 Å². The Kier molecular flexibility index (Phi) is 5.24. The van der Waals surface area contributed by atoms with Gasteiger partial charge in [-0.2, -0.15) is 0 Å². The van der Waals surface area contributed by atoms with E-state index < -0.39 is 0 Å². The summed E-state index contributed by atoms with van der Waals surface area (Å²) in [6.07, 6.45) is 0.980. The van der Waals surface area contributed by atoms with Gasteiger partial charge in [-0.05, 0) is 36.8 Å². The van der Waals surface area contributed by atoms with Gasteiger partial charge in [0.15, 0.2) is 0 Å². The molecular weight excluding hydrogens is 277 g/mol. The summed E-state index contributed by atoms with van der Waals surface area (Å²) in [6, 6.07) is 12.6. The highest BCUT2D eigenvalue weighted by atomic mass is 35.5. The Labute approximate surface area is 123 Å². The van der Waals surface area contributed by atoms with Crippen LogP contribution in [0.1, 0.15) is 18.9 Å². The number of halogens is 2. The van der Waals surface area contributed by atoms with E-state index >= 15 is 0 Å². The lowest BCUT2D eigenvalue weighted by Crippen LogP contribution is -2.02. The first-order chi connectivity index (χ1) is 9.70. The van der Waals surface area contributed by atoms with E-state index in [1.165, 1.54) is 0 Å². The fourth-order valence-corrected chi connectivity index (χ4v) is 1.97. The molecule has 2 aromatic rings. The van der Waals surface area contributed by atoms with Gasteiger partial charge in [-0.3, -0.25) is 0 Å². The largest absolute Gasteiger partial charge is 0.494 e. The van der Waals surface area contributed by atoms with E-state index in [2.05, 4.69) is 12.2 Å². The fourth-order valence-electron chi connectivity index (χ4n) is 1.77. The van der Waals surface area contributed by atoms with Crippen molar-refractivity contribution in [2.75, 3.05) is 11.9 Å². The summed E-state index contributed by atoms with van der Waals surface area (Å²) < 4.78 is 19.2. The maximum atomic E-state index is 13.7. The van der Waals surface area contributed by atoms with Gasteiger partial charge in [0.2, 0.25) is 0 Å². The molecule has 0 fully saturated rings. The van der Waals surface area contributed by atoms with Crippen LogP contribution >= 0.6 is 11.6 Å². The molecule has 2 aromatic carbocycles. The van der Waals surface area contributed by atoms with E-state index in [0.29, 0.717) is 18.7 Å². The molecule has 0 heterocycles. The summed E-state index contributed by atoms with van der Waals surface area (Å²) in [4.78, 5) is 0. The van der Waals surface area contributed by atoms with E-state index in [4.69, 9.17) is 16.3 Å². The molecule has 0 aliphatic heterocycles. The van der Waals surface area contributed by atoms with Crippen LogP contribution in [0.2, 0.25) is 5.02 Å². The van der Waals surface area contributed by atoms with Crippen molar-refractivity contribution in [3.8, 4) is 5.75 Å². The highest BCUT2D eigenvalue weighted by Gasteiger charge is 2.05. The minimum Gasteiger partial charge on any atom is -0.494 e. The third kappa shape index (κ3) is 3.87. The Hall–Kier alpha value is -1.74. The summed E-state index contributed by atoms with van der Waals surface area (Å²) in [5, 5.41) is 3.30. The van der Waals surface area contributed by atoms with Gasteiger partial charge in [-0.1, -0.05) is 30.7 Å². The van der Waals surface area contributed by atoms with Crippen LogP contribution in [0.3, 0.4) is 0 Å². The molecule has 0 saturated heterocycles. The number of ether oxygens (including phenoxy) is 1. The predicted molar refractivity (Wildman–Crippen MR) is 81.0 cm³/mol. The summed E-state index contributed by atoms with van der Waals surface area (Å²) in [6.45, 7) is 3.16. The van der Waals surface area contributed by atoms with Crippen LogP contribution in [0.15, 0.2) is 42.5 Å². The average Bonchev–Trinajstić information content (AvgIpc) is 2.48. The molecule has 0 amide bonds. The molecule has 20 heavy (non-hydrogen) atoms. The Balaban J connectivity index is 1.95. The Morgan fingerprint density at radius 3 is 2.60 bits per heavy atom. The van der Waals surface area contributed by atoms with Gasteiger partial charge in [-0.15, -0.1) is 0 Å². The van der Waals surface area contributed by atoms with Crippen molar-refractivity contribution in [3.63, 3.8) is 0 Å². The van der Waals surface area contributed by atoms with Crippen LogP contribution in [0.25, 0.3) is 0 Å². The summed E-state index contributed by atoms with van der Waals surface area (Å²) >= 11 is 5.75. The van der Waals surface area contributed by atoms with Gasteiger partial charge >= 0.3 is 0 Å². The van der Waals surface area contributed by atoms with Crippen molar-refractivity contribution < 1.29 is 9.13 Å². The minimum absolute atomic E-state index is 0.146. The second-order valence-corrected chi connectivity index (χ2v) is 4.85. The number of rotatable bonds is 6. The van der Waals surface area contributed by atoms with Crippen LogP contribution in [0.4, 0.5) is 10.1 Å². The molecule has 2 rings (SSSR count). The SMILES string of the molecule is CCCOc1ccc(NCc2cccc(Cl)c2F)cc1. The zero-order valence-corrected chi connectivity index (χ0v) is 12.1. The number of benzene rings is 2. The first-order valence-electron chi connectivity index (χ1n) is 6.60. The molecule has 2 nitrogen and oxygen atoms in total. The Morgan fingerprint density at radius 2 is 1.90 bits per heavy atom. The quantitative estimate of drug-likeness (QED) is 0.819. The number of anilines is 1. The molecular formula is C16H17ClFNO. The number of nitrogens with one attached hydrogen (secondary N) is 1. The number of hydrogen-bond acceptors (Lipinski definition) is 2. The van der Waals surface area contributed by atoms with Gasteiger partial charge in [0, 0.05) is 17.8 Å². The molecule has 0 spiro atoms. The normalized spacial score (nSPS) is 10.3. The monoisotopic (exact) mass is 293 g/mol. The van der Waals surface area contributed by atoms with Crippen LogP contribution in [0, 0.1) is 5.82 Å². The lowest BCUT2D eigenvalue weighted by molar-refractivity contribution is 0.317. The lowest BCUT2D eigenvalue weighted by atomic mass is 10.2. The second-order valence-electron chi connectivity index (χ2n) is 4.44. The molecule has 106 valence electrons. The van der Waals surface area contributed by atoms with Crippen molar-refractivity contribution in [2.45, 2.75) is 19.9 Å². The van der Waals surface area contributed by atoms with E-state index in [9.17, 15) is 4.39 Å². The molecule has 0 aromatic heterocycles. The van der Waals surface area contributed by atoms with Crippen molar-refractivity contribution in [1.29, 1.82) is 0 Å². The van der Waals surface area contributed by atoms with E-state index in [1.807, 2.05) is 24.3 Å². The van der Waals surface area contributed by atoms with Gasteiger partial charge < -0.3 is 10.1 Å². The maximum Gasteiger partial charge on any atom is 0.146 e. The van der Waals surface area contributed by atoms with Crippen LogP contribution in [0.5, 0.6) is 5.75 Å². The molecule has 1 N–H and O–H groups in total. The topological polar surface area (TPSA) is 21.3 Å². The first kappa shape index (κ1) is 14.7. The smallest absolute Gasteiger partial charge is 0.146 e. The van der Waals surface area contributed by atoms with E-state index in [-0.39, 0.29) is 10.8 Å². The standard InChI is InChI=1S/C16H17ClFNO/c1-2-10-20-14-8-6-13(7-9-14)19-11-12-4-3-5-15(17)16(12)18/h3-9,19H,2,10-11H2,1H3. The lowest BCUT2D eigenvalue weighted by Gasteiger charge is -2.09. The first-order valence-corrected chi connectivity index (χ1v) is 6.98. The summed E-state index contributed by atoms with van der Waals surface area (Å²) in [5.74, 6) is 0.468. The summed E-state index contributed by atoms with van der Waals surface area (Å²) in [7, 11) is 0. The van der Waals surface area contributed by atoms with Crippen LogP contribution in [-0.4, -0.2) is 6.61 Å². The van der Waals surface area contributed by atoms with Gasteiger partial charge in [0.05, 0.1) is 11.6 Å². The molecule has 0 unspecified atom stereocenters. The average molecular weight is 294 g/mol. The summed E-state index contributed by atoms with van der Waals surface area (Å²) in [5.41, 5.74) is 1.46. The third-order valence-corrected chi connectivity index (χ3v) is 3.13. The molecule has 0 aliphatic carbocycles. The molecule has 0 atom stereocenters. The highest BCUT2D eigenvalue weighted by Crippen LogP contribution is 2.20.